The van der Waals surface area contributed by atoms with Crippen LogP contribution < -0.4 is 10.1 Å². The molecule has 0 radical (unpaired) electrons. The van der Waals surface area contributed by atoms with E-state index in [-0.39, 0.29) is 11.3 Å². The summed E-state index contributed by atoms with van der Waals surface area (Å²) in [6.45, 7) is 3.69. The summed E-state index contributed by atoms with van der Waals surface area (Å²) >= 11 is 0. The predicted molar refractivity (Wildman–Crippen MR) is 114 cm³/mol. The summed E-state index contributed by atoms with van der Waals surface area (Å²) in [7, 11) is 1.51. The molecule has 0 bridgehead atoms. The third kappa shape index (κ3) is 4.78. The molecule has 30 heavy (non-hydrogen) atoms. The topological polar surface area (TPSA) is 84.9 Å². The Labute approximate surface area is 175 Å². The van der Waals surface area contributed by atoms with Gasteiger partial charge in [0.1, 0.15) is 17.1 Å². The Morgan fingerprint density at radius 2 is 1.60 bits per heavy atom. The fourth-order valence-electron chi connectivity index (χ4n) is 3.00. The molecule has 0 aliphatic rings. The van der Waals surface area contributed by atoms with E-state index in [4.69, 9.17) is 9.47 Å². The van der Waals surface area contributed by atoms with Gasteiger partial charge in [-0.25, -0.2) is 4.79 Å². The summed E-state index contributed by atoms with van der Waals surface area (Å²) in [4.78, 5) is 25.8. The lowest BCUT2D eigenvalue weighted by molar-refractivity contribution is -0.125. The summed E-state index contributed by atoms with van der Waals surface area (Å²) in [6.07, 6.45) is -1.22. The van der Waals surface area contributed by atoms with Crippen molar-refractivity contribution >= 4 is 17.6 Å². The zero-order valence-corrected chi connectivity index (χ0v) is 17.0. The minimum Gasteiger partial charge on any atom is -0.507 e. The number of benzene rings is 3. The molecule has 3 aromatic carbocycles. The molecule has 1 atom stereocenters. The molecule has 3 aromatic rings. The Kier molecular flexibility index (Phi) is 6.37. The van der Waals surface area contributed by atoms with Crippen LogP contribution in [0.15, 0.2) is 66.7 Å². The van der Waals surface area contributed by atoms with Gasteiger partial charge in [-0.1, -0.05) is 42.5 Å². The van der Waals surface area contributed by atoms with Gasteiger partial charge in [-0.2, -0.15) is 0 Å². The zero-order chi connectivity index (χ0) is 21.7. The summed E-state index contributed by atoms with van der Waals surface area (Å²) < 4.78 is 10.8. The van der Waals surface area contributed by atoms with Crippen LogP contribution in [0.5, 0.6) is 11.5 Å². The van der Waals surface area contributed by atoms with E-state index in [2.05, 4.69) is 5.32 Å². The highest BCUT2D eigenvalue weighted by atomic mass is 16.5. The smallest absolute Gasteiger partial charge is 0.343 e. The van der Waals surface area contributed by atoms with Gasteiger partial charge in [0.15, 0.2) is 0 Å². The number of carbonyl (C=O) groups is 2. The van der Waals surface area contributed by atoms with Crippen LogP contribution >= 0.6 is 0 Å². The molecular weight excluding hydrogens is 382 g/mol. The molecule has 1 amide bonds. The second kappa shape index (κ2) is 9.13. The fraction of sp³-hybridized carbons (Fsp3) is 0.167. The van der Waals surface area contributed by atoms with Crippen molar-refractivity contribution in [2.75, 3.05) is 12.4 Å². The number of carbonyl (C=O) groups excluding carboxylic acids is 2. The van der Waals surface area contributed by atoms with E-state index in [1.165, 1.54) is 19.2 Å². The van der Waals surface area contributed by atoms with E-state index < -0.39 is 18.0 Å². The van der Waals surface area contributed by atoms with Gasteiger partial charge in [-0.3, -0.25) is 4.79 Å². The van der Waals surface area contributed by atoms with Gasteiger partial charge < -0.3 is 19.9 Å². The van der Waals surface area contributed by atoms with Crippen molar-refractivity contribution in [3.05, 3.63) is 89.0 Å². The number of aromatic hydroxyl groups is 1. The largest absolute Gasteiger partial charge is 0.507 e. The van der Waals surface area contributed by atoms with Crippen LogP contribution in [0.1, 0.15) is 33.2 Å². The summed E-state index contributed by atoms with van der Waals surface area (Å²) in [5, 5.41) is 12.9. The number of rotatable bonds is 6. The second-order valence-corrected chi connectivity index (χ2v) is 6.91. The zero-order valence-electron chi connectivity index (χ0n) is 17.0. The predicted octanol–water partition coefficient (Wildman–Crippen LogP) is 4.55. The minimum atomic E-state index is -1.22. The van der Waals surface area contributed by atoms with E-state index in [9.17, 15) is 14.7 Å². The lowest BCUT2D eigenvalue weighted by Crippen LogP contribution is -2.26. The SMILES string of the molecule is COc1ccc(C)cc1NC(=O)[C@@H](OC(=O)c1ccc(C)cc1O)c1ccccc1. The van der Waals surface area contributed by atoms with Crippen molar-refractivity contribution in [1.82, 2.24) is 0 Å². The van der Waals surface area contributed by atoms with Crippen LogP contribution in [0, 0.1) is 13.8 Å². The van der Waals surface area contributed by atoms with Gasteiger partial charge in [-0.05, 0) is 49.2 Å². The molecule has 0 aromatic heterocycles. The van der Waals surface area contributed by atoms with E-state index in [1.807, 2.05) is 13.0 Å². The van der Waals surface area contributed by atoms with E-state index in [1.54, 1.807) is 55.5 Å². The Balaban J connectivity index is 1.90. The minimum absolute atomic E-state index is 0.0116. The quantitative estimate of drug-likeness (QED) is 0.588. The Morgan fingerprint density at radius 1 is 0.933 bits per heavy atom. The van der Waals surface area contributed by atoms with Crippen molar-refractivity contribution in [3.63, 3.8) is 0 Å². The summed E-state index contributed by atoms with van der Waals surface area (Å²) in [6, 6.07) is 18.7. The van der Waals surface area contributed by atoms with Crippen molar-refractivity contribution in [2.45, 2.75) is 20.0 Å². The molecule has 2 N–H and O–H groups in total. The number of amides is 1. The first-order valence-corrected chi connectivity index (χ1v) is 9.40. The highest BCUT2D eigenvalue weighted by Gasteiger charge is 2.27. The number of esters is 1. The second-order valence-electron chi connectivity index (χ2n) is 6.91. The van der Waals surface area contributed by atoms with Crippen LogP contribution in [-0.2, 0) is 9.53 Å². The van der Waals surface area contributed by atoms with Crippen molar-refractivity contribution in [1.29, 1.82) is 0 Å². The molecule has 0 spiro atoms. The maximum Gasteiger partial charge on any atom is 0.343 e. The van der Waals surface area contributed by atoms with Crippen LogP contribution in [0.4, 0.5) is 5.69 Å². The molecule has 0 fully saturated rings. The van der Waals surface area contributed by atoms with Crippen LogP contribution in [0.2, 0.25) is 0 Å². The molecular formula is C24H23NO5. The number of ether oxygens (including phenoxy) is 2. The number of hydrogen-bond donors (Lipinski definition) is 2. The van der Waals surface area contributed by atoms with Gasteiger partial charge >= 0.3 is 5.97 Å². The molecule has 0 aliphatic carbocycles. The number of anilines is 1. The van der Waals surface area contributed by atoms with Crippen LogP contribution in [0.25, 0.3) is 0 Å². The van der Waals surface area contributed by atoms with Crippen molar-refractivity contribution in [3.8, 4) is 11.5 Å². The third-order valence-electron chi connectivity index (χ3n) is 4.55. The third-order valence-corrected chi connectivity index (χ3v) is 4.55. The first kappa shape index (κ1) is 20.9. The molecule has 6 nitrogen and oxygen atoms in total. The lowest BCUT2D eigenvalue weighted by Gasteiger charge is -2.19. The van der Waals surface area contributed by atoms with E-state index >= 15 is 0 Å². The maximum absolute atomic E-state index is 13.1. The first-order valence-electron chi connectivity index (χ1n) is 9.40. The standard InChI is InChI=1S/C24H23NO5/c1-15-10-12-21(29-3)19(13-15)25-23(27)22(17-7-5-4-6-8-17)30-24(28)18-11-9-16(2)14-20(18)26/h4-14,22,26H,1-3H3,(H,25,27)/t22-/m0/s1. The number of hydrogen-bond acceptors (Lipinski definition) is 5. The Hall–Kier alpha value is -3.80. The van der Waals surface area contributed by atoms with Gasteiger partial charge in [0.25, 0.3) is 5.91 Å². The summed E-state index contributed by atoms with van der Waals surface area (Å²) in [5.41, 5.74) is 2.69. The lowest BCUT2D eigenvalue weighted by atomic mass is 10.1. The average Bonchev–Trinajstić information content (AvgIpc) is 2.72. The Bertz CT molecular complexity index is 1060. The van der Waals surface area contributed by atoms with Gasteiger partial charge in [0.05, 0.1) is 12.8 Å². The molecule has 6 heteroatoms. The molecule has 0 saturated heterocycles. The summed E-state index contributed by atoms with van der Waals surface area (Å²) in [5.74, 6) is -1.05. The van der Waals surface area contributed by atoms with Crippen LogP contribution in [0.3, 0.4) is 0 Å². The average molecular weight is 405 g/mol. The Morgan fingerprint density at radius 3 is 2.27 bits per heavy atom. The number of methoxy groups -OCH3 is 1. The maximum atomic E-state index is 13.1. The molecule has 0 saturated carbocycles. The molecule has 0 aliphatic heterocycles. The first-order chi connectivity index (χ1) is 14.4. The van der Waals surface area contributed by atoms with Crippen LogP contribution in [-0.4, -0.2) is 24.1 Å². The van der Waals surface area contributed by atoms with Crippen molar-refractivity contribution < 1.29 is 24.2 Å². The van der Waals surface area contributed by atoms with Crippen molar-refractivity contribution in [2.24, 2.45) is 0 Å². The highest BCUT2D eigenvalue weighted by molar-refractivity contribution is 5.99. The molecule has 154 valence electrons. The molecule has 3 rings (SSSR count). The highest BCUT2D eigenvalue weighted by Crippen LogP contribution is 2.29. The van der Waals surface area contributed by atoms with E-state index in [0.29, 0.717) is 17.0 Å². The number of phenolic OH excluding ortho intramolecular Hbond substituents is 1. The molecule has 0 heterocycles. The van der Waals surface area contributed by atoms with E-state index in [0.717, 1.165) is 11.1 Å². The number of phenols is 1. The fourth-order valence-corrected chi connectivity index (χ4v) is 3.00. The number of nitrogens with one attached hydrogen (secondary N) is 1. The number of aryl methyl sites for hydroxylation is 2. The molecule has 0 unspecified atom stereocenters. The van der Waals surface area contributed by atoms with Gasteiger partial charge in [0.2, 0.25) is 6.10 Å². The van der Waals surface area contributed by atoms with Gasteiger partial charge in [0, 0.05) is 5.56 Å². The van der Waals surface area contributed by atoms with Gasteiger partial charge in [-0.15, -0.1) is 0 Å². The monoisotopic (exact) mass is 405 g/mol. The normalized spacial score (nSPS) is 11.4.